The second-order valence-corrected chi connectivity index (χ2v) is 8.51. The number of nitrogens with zero attached hydrogens (tertiary/aromatic N) is 2. The number of nitrogens with one attached hydrogen (secondary N) is 1. The van der Waals surface area contributed by atoms with Crippen LogP contribution >= 0.6 is 0 Å². The predicted molar refractivity (Wildman–Crippen MR) is 92.3 cm³/mol. The first kappa shape index (κ1) is 16.4. The standard InChI is InChI=1S/C19H31N3O2/c1-13(19(24)20-17-4-5-17)21-6-8-22(9-7-21)18(23)12-16-11-14-2-3-15(16)10-14/h13-17H,2-12H2,1H3,(H,20,24)/t13-,14-,15-,16-/m1/s1. The van der Waals surface area contributed by atoms with Crippen LogP contribution in [-0.2, 0) is 9.59 Å². The predicted octanol–water partition coefficient (Wildman–Crippen LogP) is 1.62. The third-order valence-corrected chi connectivity index (χ3v) is 6.84. The molecule has 0 aromatic carbocycles. The molecular formula is C19H31N3O2. The normalized spacial score (nSPS) is 34.4. The Kier molecular flexibility index (Phi) is 4.54. The van der Waals surface area contributed by atoms with Crippen molar-refractivity contribution in [1.82, 2.24) is 15.1 Å². The quantitative estimate of drug-likeness (QED) is 0.832. The van der Waals surface area contributed by atoms with Crippen molar-refractivity contribution >= 4 is 11.8 Å². The van der Waals surface area contributed by atoms with Crippen molar-refractivity contribution in [2.75, 3.05) is 26.2 Å². The SMILES string of the molecule is C[C@H](C(=O)NC1CC1)N1CCN(C(=O)C[C@H]2C[C@@H]3CC[C@@H]2C3)CC1. The molecule has 3 saturated carbocycles. The van der Waals surface area contributed by atoms with E-state index in [1.807, 2.05) is 11.8 Å². The summed E-state index contributed by atoms with van der Waals surface area (Å²) in [6, 6.07) is 0.345. The number of hydrogen-bond donors (Lipinski definition) is 1. The van der Waals surface area contributed by atoms with Crippen LogP contribution in [0.15, 0.2) is 0 Å². The number of hydrogen-bond acceptors (Lipinski definition) is 3. The first-order chi connectivity index (χ1) is 11.6. The van der Waals surface area contributed by atoms with Gasteiger partial charge >= 0.3 is 0 Å². The molecule has 5 heteroatoms. The van der Waals surface area contributed by atoms with Gasteiger partial charge in [0, 0.05) is 38.6 Å². The lowest BCUT2D eigenvalue weighted by atomic mass is 9.86. The minimum Gasteiger partial charge on any atom is -0.352 e. The Morgan fingerprint density at radius 3 is 2.38 bits per heavy atom. The molecule has 134 valence electrons. The highest BCUT2D eigenvalue weighted by Crippen LogP contribution is 2.49. The maximum atomic E-state index is 12.6. The van der Waals surface area contributed by atoms with E-state index >= 15 is 0 Å². The average Bonchev–Trinajstić information content (AvgIpc) is 3.16. The van der Waals surface area contributed by atoms with Gasteiger partial charge in [-0.3, -0.25) is 14.5 Å². The summed E-state index contributed by atoms with van der Waals surface area (Å²) in [5.74, 6) is 2.89. The van der Waals surface area contributed by atoms with Crippen molar-refractivity contribution in [1.29, 1.82) is 0 Å². The maximum Gasteiger partial charge on any atom is 0.237 e. The van der Waals surface area contributed by atoms with Crippen LogP contribution in [0.1, 0.15) is 51.9 Å². The zero-order valence-electron chi connectivity index (χ0n) is 14.9. The summed E-state index contributed by atoms with van der Waals surface area (Å²) < 4.78 is 0. The molecule has 2 bridgehead atoms. The molecule has 2 amide bonds. The summed E-state index contributed by atoms with van der Waals surface area (Å²) in [6.07, 6.45) is 8.43. The third-order valence-electron chi connectivity index (χ3n) is 6.84. The summed E-state index contributed by atoms with van der Waals surface area (Å²) in [5, 5.41) is 3.09. The summed E-state index contributed by atoms with van der Waals surface area (Å²) in [5.41, 5.74) is 0. The Labute approximate surface area is 145 Å². The summed E-state index contributed by atoms with van der Waals surface area (Å²) >= 11 is 0. The fourth-order valence-electron chi connectivity index (χ4n) is 5.05. The van der Waals surface area contributed by atoms with E-state index in [1.165, 1.54) is 25.7 Å². The summed E-state index contributed by atoms with van der Waals surface area (Å²) in [4.78, 5) is 29.1. The van der Waals surface area contributed by atoms with Crippen LogP contribution < -0.4 is 5.32 Å². The average molecular weight is 333 g/mol. The van der Waals surface area contributed by atoms with Crippen LogP contribution in [0.25, 0.3) is 0 Å². The van der Waals surface area contributed by atoms with Crippen molar-refractivity contribution in [2.45, 2.75) is 64.0 Å². The molecule has 0 unspecified atom stereocenters. The van der Waals surface area contributed by atoms with Gasteiger partial charge in [0.05, 0.1) is 6.04 Å². The van der Waals surface area contributed by atoms with Gasteiger partial charge in [-0.05, 0) is 56.8 Å². The molecule has 3 aliphatic carbocycles. The Morgan fingerprint density at radius 1 is 1.04 bits per heavy atom. The van der Waals surface area contributed by atoms with Gasteiger partial charge in [-0.15, -0.1) is 0 Å². The maximum absolute atomic E-state index is 12.6. The monoisotopic (exact) mass is 333 g/mol. The highest BCUT2D eigenvalue weighted by molar-refractivity contribution is 5.82. The molecule has 0 aromatic rings. The van der Waals surface area contributed by atoms with Crippen LogP contribution in [0.3, 0.4) is 0 Å². The van der Waals surface area contributed by atoms with Gasteiger partial charge in [-0.1, -0.05) is 6.42 Å². The lowest BCUT2D eigenvalue weighted by Crippen LogP contribution is -2.55. The molecule has 5 nitrogen and oxygen atoms in total. The molecule has 0 radical (unpaired) electrons. The highest BCUT2D eigenvalue weighted by atomic mass is 16.2. The van der Waals surface area contributed by atoms with Gasteiger partial charge in [0.2, 0.25) is 11.8 Å². The largest absolute Gasteiger partial charge is 0.352 e. The lowest BCUT2D eigenvalue weighted by molar-refractivity contribution is -0.135. The van der Waals surface area contributed by atoms with Crippen molar-refractivity contribution < 1.29 is 9.59 Å². The van der Waals surface area contributed by atoms with E-state index in [-0.39, 0.29) is 11.9 Å². The Bertz CT molecular complexity index is 497. The van der Waals surface area contributed by atoms with Crippen LogP contribution in [0.4, 0.5) is 0 Å². The minimum absolute atomic E-state index is 0.0755. The van der Waals surface area contributed by atoms with Crippen molar-refractivity contribution in [2.24, 2.45) is 17.8 Å². The number of fused-ring (bicyclic) bond motifs is 2. The van der Waals surface area contributed by atoms with E-state index in [1.54, 1.807) is 0 Å². The van der Waals surface area contributed by atoms with Gasteiger partial charge in [-0.25, -0.2) is 0 Å². The van der Waals surface area contributed by atoms with Gasteiger partial charge in [0.15, 0.2) is 0 Å². The lowest BCUT2D eigenvalue weighted by Gasteiger charge is -2.38. The Hall–Kier alpha value is -1.10. The van der Waals surface area contributed by atoms with E-state index in [2.05, 4.69) is 10.2 Å². The summed E-state index contributed by atoms with van der Waals surface area (Å²) in [6.45, 7) is 5.19. The minimum atomic E-state index is -0.0755. The fraction of sp³-hybridized carbons (Fsp3) is 0.895. The second kappa shape index (κ2) is 6.66. The number of carbonyl (C=O) groups excluding carboxylic acids is 2. The van der Waals surface area contributed by atoms with Gasteiger partial charge in [0.1, 0.15) is 0 Å². The second-order valence-electron chi connectivity index (χ2n) is 8.51. The Morgan fingerprint density at radius 2 is 1.79 bits per heavy atom. The molecule has 0 aromatic heterocycles. The van der Waals surface area contributed by atoms with Crippen LogP contribution in [0.2, 0.25) is 0 Å². The van der Waals surface area contributed by atoms with E-state index in [0.29, 0.717) is 17.9 Å². The first-order valence-corrected chi connectivity index (χ1v) is 9.92. The molecule has 1 saturated heterocycles. The molecule has 1 N–H and O–H groups in total. The van der Waals surface area contributed by atoms with Crippen molar-refractivity contribution in [3.05, 3.63) is 0 Å². The van der Waals surface area contributed by atoms with Crippen molar-refractivity contribution in [3.63, 3.8) is 0 Å². The van der Waals surface area contributed by atoms with Crippen LogP contribution in [-0.4, -0.2) is 59.9 Å². The zero-order valence-corrected chi connectivity index (χ0v) is 14.9. The zero-order chi connectivity index (χ0) is 16.7. The third kappa shape index (κ3) is 3.46. The molecule has 4 atom stereocenters. The molecule has 0 spiro atoms. The molecular weight excluding hydrogens is 302 g/mol. The number of amides is 2. The van der Waals surface area contributed by atoms with Gasteiger partial charge in [-0.2, -0.15) is 0 Å². The van der Waals surface area contributed by atoms with E-state index in [0.717, 1.165) is 57.3 Å². The topological polar surface area (TPSA) is 52.7 Å². The Balaban J connectivity index is 1.22. The smallest absolute Gasteiger partial charge is 0.237 e. The highest BCUT2D eigenvalue weighted by Gasteiger charge is 2.41. The number of rotatable bonds is 5. The van der Waals surface area contributed by atoms with Crippen molar-refractivity contribution in [3.8, 4) is 0 Å². The fourth-order valence-corrected chi connectivity index (χ4v) is 5.05. The van der Waals surface area contributed by atoms with Gasteiger partial charge in [0.25, 0.3) is 0 Å². The molecule has 24 heavy (non-hydrogen) atoms. The van der Waals surface area contributed by atoms with E-state index < -0.39 is 0 Å². The summed E-state index contributed by atoms with van der Waals surface area (Å²) in [7, 11) is 0. The first-order valence-electron chi connectivity index (χ1n) is 9.92. The van der Waals surface area contributed by atoms with Crippen LogP contribution in [0, 0.1) is 17.8 Å². The number of piperazine rings is 1. The van der Waals surface area contributed by atoms with E-state index in [9.17, 15) is 9.59 Å². The van der Waals surface area contributed by atoms with Gasteiger partial charge < -0.3 is 10.2 Å². The van der Waals surface area contributed by atoms with Crippen LogP contribution in [0.5, 0.6) is 0 Å². The molecule has 1 heterocycles. The molecule has 4 aliphatic rings. The van der Waals surface area contributed by atoms with E-state index in [4.69, 9.17) is 0 Å². The molecule has 4 rings (SSSR count). The molecule has 4 fully saturated rings. The molecule has 1 aliphatic heterocycles. The number of carbonyl (C=O) groups is 2.